The van der Waals surface area contributed by atoms with Crippen molar-refractivity contribution in [2.75, 3.05) is 0 Å². The van der Waals surface area contributed by atoms with Gasteiger partial charge in [-0.15, -0.1) is 11.8 Å². The van der Waals surface area contributed by atoms with Gasteiger partial charge in [0.05, 0.1) is 0 Å². The number of rotatable bonds is 9. The number of unbranched alkanes of at least 4 members (excludes halogenated alkanes) is 7. The molecule has 0 aromatic heterocycles. The number of carboxylic acid groups (broad SMARTS) is 1. The standard InChI is InChI=1S/C14H24O2/c1-2-3-4-5-6-7-8-9-10-11-12-13-14(15)16/h2-3,6-13H2,1H3,(H,15,16). The second-order valence-electron chi connectivity index (χ2n) is 4.12. The maximum atomic E-state index is 10.2. The van der Waals surface area contributed by atoms with E-state index < -0.39 is 5.97 Å². The second kappa shape index (κ2) is 12.1. The third-order valence-electron chi connectivity index (χ3n) is 2.44. The summed E-state index contributed by atoms with van der Waals surface area (Å²) in [4.78, 5) is 10.2. The van der Waals surface area contributed by atoms with Crippen molar-refractivity contribution in [3.05, 3.63) is 0 Å². The Morgan fingerprint density at radius 3 is 2.12 bits per heavy atom. The summed E-state index contributed by atoms with van der Waals surface area (Å²) >= 11 is 0. The predicted octanol–water partition coefficient (Wildman–Crippen LogP) is 4.00. The average Bonchev–Trinajstić information content (AvgIpc) is 2.25. The Bertz CT molecular complexity index is 223. The SMILES string of the molecule is CCCC#CCCCCCCCCC(=O)O. The molecule has 0 saturated heterocycles. The van der Waals surface area contributed by atoms with Crippen molar-refractivity contribution in [3.63, 3.8) is 0 Å². The van der Waals surface area contributed by atoms with E-state index in [-0.39, 0.29) is 0 Å². The van der Waals surface area contributed by atoms with Crippen molar-refractivity contribution in [3.8, 4) is 11.8 Å². The van der Waals surface area contributed by atoms with Gasteiger partial charge in [0.15, 0.2) is 0 Å². The molecule has 0 aromatic rings. The molecule has 0 spiro atoms. The molecule has 2 nitrogen and oxygen atoms in total. The van der Waals surface area contributed by atoms with Gasteiger partial charge in [0.1, 0.15) is 0 Å². The summed E-state index contributed by atoms with van der Waals surface area (Å²) in [6, 6.07) is 0. The summed E-state index contributed by atoms with van der Waals surface area (Å²) in [5, 5.41) is 8.44. The van der Waals surface area contributed by atoms with Crippen LogP contribution in [0.25, 0.3) is 0 Å². The van der Waals surface area contributed by atoms with Gasteiger partial charge in [-0.2, -0.15) is 0 Å². The molecule has 0 unspecified atom stereocenters. The average molecular weight is 224 g/mol. The van der Waals surface area contributed by atoms with Crippen molar-refractivity contribution >= 4 is 5.97 Å². The van der Waals surface area contributed by atoms with Crippen molar-refractivity contribution in [2.45, 2.75) is 71.1 Å². The number of hydrogen-bond acceptors (Lipinski definition) is 1. The van der Waals surface area contributed by atoms with Crippen LogP contribution in [0.5, 0.6) is 0 Å². The Morgan fingerprint density at radius 2 is 1.50 bits per heavy atom. The van der Waals surface area contributed by atoms with Crippen LogP contribution in [-0.4, -0.2) is 11.1 Å². The molecule has 92 valence electrons. The first kappa shape index (κ1) is 15.0. The molecular formula is C14H24O2. The third kappa shape index (κ3) is 13.0. The quantitative estimate of drug-likeness (QED) is 0.475. The number of hydrogen-bond donors (Lipinski definition) is 1. The maximum absolute atomic E-state index is 10.2. The van der Waals surface area contributed by atoms with E-state index in [9.17, 15) is 4.79 Å². The Morgan fingerprint density at radius 1 is 0.938 bits per heavy atom. The van der Waals surface area contributed by atoms with E-state index >= 15 is 0 Å². The highest BCUT2D eigenvalue weighted by Gasteiger charge is 1.95. The lowest BCUT2D eigenvalue weighted by atomic mass is 10.1. The lowest BCUT2D eigenvalue weighted by molar-refractivity contribution is -0.137. The van der Waals surface area contributed by atoms with Crippen LogP contribution < -0.4 is 0 Å². The highest BCUT2D eigenvalue weighted by molar-refractivity contribution is 5.66. The van der Waals surface area contributed by atoms with Crippen LogP contribution in [0.1, 0.15) is 71.1 Å². The summed E-state index contributed by atoms with van der Waals surface area (Å²) in [6.07, 6.45) is 10.2. The Balaban J connectivity index is 3.05. The van der Waals surface area contributed by atoms with E-state index in [1.165, 1.54) is 19.3 Å². The molecule has 0 bridgehead atoms. The van der Waals surface area contributed by atoms with Crippen LogP contribution in [0.4, 0.5) is 0 Å². The third-order valence-corrected chi connectivity index (χ3v) is 2.44. The lowest BCUT2D eigenvalue weighted by Gasteiger charge is -1.98. The van der Waals surface area contributed by atoms with Gasteiger partial charge in [0.2, 0.25) is 0 Å². The largest absolute Gasteiger partial charge is 0.481 e. The van der Waals surface area contributed by atoms with Gasteiger partial charge in [-0.3, -0.25) is 4.79 Å². The van der Waals surface area contributed by atoms with Crippen LogP contribution in [-0.2, 0) is 4.79 Å². The van der Waals surface area contributed by atoms with Crippen LogP contribution in [0, 0.1) is 11.8 Å². The van der Waals surface area contributed by atoms with Gasteiger partial charge in [-0.1, -0.05) is 32.6 Å². The summed E-state index contributed by atoms with van der Waals surface area (Å²) in [5.41, 5.74) is 0. The minimum atomic E-state index is -0.675. The maximum Gasteiger partial charge on any atom is 0.303 e. The smallest absolute Gasteiger partial charge is 0.303 e. The van der Waals surface area contributed by atoms with Crippen LogP contribution in [0.15, 0.2) is 0 Å². The van der Waals surface area contributed by atoms with Crippen LogP contribution in [0.3, 0.4) is 0 Å². The molecule has 0 heterocycles. The zero-order chi connectivity index (χ0) is 12.1. The van der Waals surface area contributed by atoms with Gasteiger partial charge < -0.3 is 5.11 Å². The van der Waals surface area contributed by atoms with Crippen LogP contribution >= 0.6 is 0 Å². The fourth-order valence-electron chi connectivity index (χ4n) is 1.50. The molecule has 0 rings (SSSR count). The van der Waals surface area contributed by atoms with Crippen LogP contribution in [0.2, 0.25) is 0 Å². The van der Waals surface area contributed by atoms with E-state index in [1.54, 1.807) is 0 Å². The van der Waals surface area contributed by atoms with Crippen molar-refractivity contribution in [1.29, 1.82) is 0 Å². The first-order valence-electron chi connectivity index (χ1n) is 6.45. The fourth-order valence-corrected chi connectivity index (χ4v) is 1.50. The second-order valence-corrected chi connectivity index (χ2v) is 4.12. The Hall–Kier alpha value is -0.970. The number of aliphatic carboxylic acids is 1. The van der Waals surface area contributed by atoms with E-state index in [4.69, 9.17) is 5.11 Å². The van der Waals surface area contributed by atoms with E-state index in [2.05, 4.69) is 18.8 Å². The molecule has 16 heavy (non-hydrogen) atoms. The summed E-state index contributed by atoms with van der Waals surface area (Å²) in [6.45, 7) is 2.14. The topological polar surface area (TPSA) is 37.3 Å². The molecule has 2 heteroatoms. The first-order valence-corrected chi connectivity index (χ1v) is 6.45. The molecule has 1 N–H and O–H groups in total. The van der Waals surface area contributed by atoms with E-state index in [0.29, 0.717) is 6.42 Å². The zero-order valence-corrected chi connectivity index (χ0v) is 10.4. The molecule has 0 fully saturated rings. The minimum Gasteiger partial charge on any atom is -0.481 e. The van der Waals surface area contributed by atoms with Gasteiger partial charge in [0, 0.05) is 19.3 Å². The molecule has 0 aliphatic rings. The van der Waals surface area contributed by atoms with Crippen molar-refractivity contribution in [2.24, 2.45) is 0 Å². The summed E-state index contributed by atoms with van der Waals surface area (Å²) in [5.74, 6) is 5.64. The fraction of sp³-hybridized carbons (Fsp3) is 0.786. The highest BCUT2D eigenvalue weighted by atomic mass is 16.4. The van der Waals surface area contributed by atoms with E-state index in [1.807, 2.05) is 0 Å². The first-order chi connectivity index (χ1) is 7.77. The summed E-state index contributed by atoms with van der Waals surface area (Å²) < 4.78 is 0. The number of carbonyl (C=O) groups is 1. The minimum absolute atomic E-state index is 0.322. The molecule has 0 amide bonds. The molecule has 0 saturated carbocycles. The highest BCUT2D eigenvalue weighted by Crippen LogP contribution is 2.08. The Kier molecular flexibility index (Phi) is 11.4. The Labute approximate surface area is 99.4 Å². The predicted molar refractivity (Wildman–Crippen MR) is 67.3 cm³/mol. The lowest BCUT2D eigenvalue weighted by Crippen LogP contribution is -1.93. The zero-order valence-electron chi connectivity index (χ0n) is 10.4. The summed E-state index contributed by atoms with van der Waals surface area (Å²) in [7, 11) is 0. The van der Waals surface area contributed by atoms with Gasteiger partial charge >= 0.3 is 5.97 Å². The molecule has 0 aliphatic heterocycles. The molecule has 0 radical (unpaired) electrons. The molecular weight excluding hydrogens is 200 g/mol. The molecule has 0 aliphatic carbocycles. The molecule has 0 aromatic carbocycles. The van der Waals surface area contributed by atoms with Gasteiger partial charge in [0.25, 0.3) is 0 Å². The van der Waals surface area contributed by atoms with Gasteiger partial charge in [-0.05, 0) is 19.3 Å². The van der Waals surface area contributed by atoms with Crippen molar-refractivity contribution in [1.82, 2.24) is 0 Å². The normalized spacial score (nSPS) is 9.56. The van der Waals surface area contributed by atoms with Crippen molar-refractivity contribution < 1.29 is 9.90 Å². The monoisotopic (exact) mass is 224 g/mol. The molecule has 0 atom stereocenters. The van der Waals surface area contributed by atoms with Gasteiger partial charge in [-0.25, -0.2) is 0 Å². The van der Waals surface area contributed by atoms with E-state index in [0.717, 1.165) is 38.5 Å². The number of carboxylic acids is 1.